The maximum atomic E-state index is 13.7. The van der Waals surface area contributed by atoms with Crippen LogP contribution in [0, 0.1) is 23.2 Å². The van der Waals surface area contributed by atoms with Gasteiger partial charge in [0.2, 0.25) is 11.8 Å². The van der Waals surface area contributed by atoms with E-state index in [9.17, 15) is 14.4 Å². The molecule has 4 bridgehead atoms. The van der Waals surface area contributed by atoms with E-state index in [-0.39, 0.29) is 29.3 Å². The molecule has 4 aliphatic carbocycles. The molecule has 2 aromatic heterocycles. The van der Waals surface area contributed by atoms with Crippen LogP contribution in [0.15, 0.2) is 30.7 Å². The molecule has 2 unspecified atom stereocenters. The highest BCUT2D eigenvalue weighted by Gasteiger charge is 2.56. The second kappa shape index (κ2) is 9.46. The van der Waals surface area contributed by atoms with Gasteiger partial charge in [-0.3, -0.25) is 14.4 Å². The molecular weight excluding hydrogens is 470 g/mol. The molecule has 10 heteroatoms. The molecule has 0 aliphatic heterocycles. The zero-order valence-corrected chi connectivity index (χ0v) is 22.0. The van der Waals surface area contributed by atoms with Crippen LogP contribution in [-0.2, 0) is 9.59 Å². The number of hydrogen-bond donors (Lipinski definition) is 3. The van der Waals surface area contributed by atoms with E-state index in [1.165, 1.54) is 0 Å². The van der Waals surface area contributed by atoms with Crippen molar-refractivity contribution >= 4 is 23.9 Å². The fourth-order valence-electron chi connectivity index (χ4n) is 6.98. The van der Waals surface area contributed by atoms with Crippen LogP contribution in [0.2, 0.25) is 0 Å². The monoisotopic (exact) mass is 507 g/mol. The summed E-state index contributed by atoms with van der Waals surface area (Å²) in [4.78, 5) is 38.0. The predicted molar refractivity (Wildman–Crippen MR) is 139 cm³/mol. The SMILES string of the molecule is CCNC(=O)C(C)(C)C=Cn1ncc(C(=O)NC2C3CC4CC2CC(NC(C)=O)(C4)C3)c1-n1cccn1. The van der Waals surface area contributed by atoms with E-state index in [0.717, 1.165) is 32.1 Å². The first-order chi connectivity index (χ1) is 17.6. The van der Waals surface area contributed by atoms with Gasteiger partial charge in [0.05, 0.1) is 11.6 Å². The Morgan fingerprint density at radius 3 is 2.51 bits per heavy atom. The lowest BCUT2D eigenvalue weighted by Crippen LogP contribution is -2.66. The zero-order chi connectivity index (χ0) is 26.4. The number of nitrogens with one attached hydrogen (secondary N) is 3. The minimum Gasteiger partial charge on any atom is -0.356 e. The summed E-state index contributed by atoms with van der Waals surface area (Å²) in [5.74, 6) is 1.59. The summed E-state index contributed by atoms with van der Waals surface area (Å²) in [6.07, 6.45) is 13.5. The van der Waals surface area contributed by atoms with Crippen molar-refractivity contribution in [2.45, 2.75) is 71.4 Å². The molecule has 4 aliphatic rings. The lowest BCUT2D eigenvalue weighted by Gasteiger charge is -2.60. The first-order valence-electron chi connectivity index (χ1n) is 13.3. The summed E-state index contributed by atoms with van der Waals surface area (Å²) >= 11 is 0. The Morgan fingerprint density at radius 2 is 1.89 bits per heavy atom. The standard InChI is InChI=1S/C27H37N7O3/c1-5-28-25(37)26(3,4)7-10-34-24(33-9-6-8-29-33)21(16-30-34)23(36)31-22-19-11-18-12-20(22)15-27(13-18,14-19)32-17(2)35/h6-10,16,18-20,22H,5,11-15H2,1-4H3,(H,28,37)(H,31,36)(H,32,35). The molecule has 0 aromatic carbocycles. The molecule has 0 saturated heterocycles. The van der Waals surface area contributed by atoms with Gasteiger partial charge in [-0.1, -0.05) is 6.08 Å². The smallest absolute Gasteiger partial charge is 0.257 e. The Kier molecular flexibility index (Phi) is 6.45. The first-order valence-corrected chi connectivity index (χ1v) is 13.3. The molecule has 37 heavy (non-hydrogen) atoms. The normalized spacial score (nSPS) is 28.4. The summed E-state index contributed by atoms with van der Waals surface area (Å²) in [5.41, 5.74) is -0.443. The third-order valence-electron chi connectivity index (χ3n) is 8.30. The van der Waals surface area contributed by atoms with E-state index < -0.39 is 5.41 Å². The number of rotatable bonds is 8. The van der Waals surface area contributed by atoms with Crippen molar-refractivity contribution in [1.82, 2.24) is 35.5 Å². The Hall–Kier alpha value is -3.43. The van der Waals surface area contributed by atoms with Crippen LogP contribution in [0.3, 0.4) is 0 Å². The Morgan fingerprint density at radius 1 is 1.16 bits per heavy atom. The molecular formula is C27H37N7O3. The Labute approximate surface area is 217 Å². The van der Waals surface area contributed by atoms with Crippen LogP contribution in [0.25, 0.3) is 12.0 Å². The summed E-state index contributed by atoms with van der Waals surface area (Å²) in [6, 6.07) is 1.87. The van der Waals surface area contributed by atoms with Crippen molar-refractivity contribution in [3.8, 4) is 5.82 Å². The fraction of sp³-hybridized carbons (Fsp3) is 0.593. The van der Waals surface area contributed by atoms with Crippen molar-refractivity contribution in [3.63, 3.8) is 0 Å². The lowest BCUT2D eigenvalue weighted by atomic mass is 9.51. The zero-order valence-electron chi connectivity index (χ0n) is 22.0. The average Bonchev–Trinajstić information content (AvgIpc) is 3.48. The van der Waals surface area contributed by atoms with E-state index >= 15 is 0 Å². The first kappa shape index (κ1) is 25.2. The van der Waals surface area contributed by atoms with Gasteiger partial charge in [-0.15, -0.1) is 0 Å². The molecule has 3 N–H and O–H groups in total. The number of amides is 3. The van der Waals surface area contributed by atoms with Crippen LogP contribution in [0.5, 0.6) is 0 Å². The topological polar surface area (TPSA) is 123 Å². The number of hydrogen-bond acceptors (Lipinski definition) is 5. The Bertz CT molecular complexity index is 1200. The third kappa shape index (κ3) is 4.81. The number of carbonyl (C=O) groups is 3. The van der Waals surface area contributed by atoms with Gasteiger partial charge in [0.15, 0.2) is 5.82 Å². The van der Waals surface area contributed by atoms with Crippen LogP contribution < -0.4 is 16.0 Å². The van der Waals surface area contributed by atoms with Gasteiger partial charge in [-0.2, -0.15) is 10.2 Å². The summed E-state index contributed by atoms with van der Waals surface area (Å²) in [6.45, 7) is 7.70. The average molecular weight is 508 g/mol. The van der Waals surface area contributed by atoms with Crippen molar-refractivity contribution < 1.29 is 14.4 Å². The highest BCUT2D eigenvalue weighted by atomic mass is 16.2. The quantitative estimate of drug-likeness (QED) is 0.507. The van der Waals surface area contributed by atoms with Crippen LogP contribution >= 0.6 is 0 Å². The molecule has 0 spiro atoms. The van der Waals surface area contributed by atoms with Gasteiger partial charge < -0.3 is 16.0 Å². The molecule has 2 heterocycles. The molecule has 0 radical (unpaired) electrons. The molecule has 2 aromatic rings. The van der Waals surface area contributed by atoms with Crippen molar-refractivity contribution in [2.24, 2.45) is 23.2 Å². The summed E-state index contributed by atoms with van der Waals surface area (Å²) in [5, 5.41) is 18.2. The number of nitrogens with zero attached hydrogens (tertiary/aromatic N) is 4. The highest BCUT2D eigenvalue weighted by molar-refractivity contribution is 5.97. The van der Waals surface area contributed by atoms with Crippen LogP contribution in [0.4, 0.5) is 0 Å². The van der Waals surface area contributed by atoms with E-state index in [1.807, 2.05) is 20.8 Å². The molecule has 6 rings (SSSR count). The number of aromatic nitrogens is 4. The third-order valence-corrected chi connectivity index (χ3v) is 8.30. The Balaban J connectivity index is 1.38. The summed E-state index contributed by atoms with van der Waals surface area (Å²) in [7, 11) is 0. The highest BCUT2D eigenvalue weighted by Crippen LogP contribution is 2.55. The molecule has 198 valence electrons. The van der Waals surface area contributed by atoms with Gasteiger partial charge in [-0.25, -0.2) is 9.36 Å². The molecule has 3 amide bonds. The van der Waals surface area contributed by atoms with Gasteiger partial charge in [0, 0.05) is 43.6 Å². The molecule has 4 saturated carbocycles. The maximum Gasteiger partial charge on any atom is 0.257 e. The van der Waals surface area contributed by atoms with E-state index in [1.54, 1.807) is 53.2 Å². The second-order valence-corrected chi connectivity index (χ2v) is 11.6. The van der Waals surface area contributed by atoms with Crippen LogP contribution in [0.1, 0.15) is 70.2 Å². The minimum atomic E-state index is -0.754. The van der Waals surface area contributed by atoms with Crippen molar-refractivity contribution in [2.75, 3.05) is 6.54 Å². The van der Waals surface area contributed by atoms with Gasteiger partial charge in [-0.05, 0) is 76.7 Å². The minimum absolute atomic E-state index is 0.0298. The van der Waals surface area contributed by atoms with Crippen molar-refractivity contribution in [3.05, 3.63) is 36.3 Å². The van der Waals surface area contributed by atoms with Gasteiger partial charge in [0.25, 0.3) is 5.91 Å². The summed E-state index contributed by atoms with van der Waals surface area (Å²) < 4.78 is 3.21. The number of carbonyl (C=O) groups excluding carboxylic acids is 3. The largest absolute Gasteiger partial charge is 0.356 e. The molecule has 2 atom stereocenters. The van der Waals surface area contributed by atoms with E-state index in [4.69, 9.17) is 0 Å². The van der Waals surface area contributed by atoms with E-state index in [2.05, 4.69) is 26.1 Å². The fourth-order valence-corrected chi connectivity index (χ4v) is 6.98. The van der Waals surface area contributed by atoms with E-state index in [0.29, 0.717) is 35.7 Å². The molecule has 4 fully saturated rings. The van der Waals surface area contributed by atoms with Crippen LogP contribution in [-0.4, -0.2) is 55.4 Å². The second-order valence-electron chi connectivity index (χ2n) is 11.6. The van der Waals surface area contributed by atoms with Crippen molar-refractivity contribution in [1.29, 1.82) is 0 Å². The van der Waals surface area contributed by atoms with Gasteiger partial charge in [0.1, 0.15) is 5.56 Å². The molecule has 10 nitrogen and oxygen atoms in total. The van der Waals surface area contributed by atoms with Gasteiger partial charge >= 0.3 is 0 Å². The maximum absolute atomic E-state index is 13.7. The lowest BCUT2D eigenvalue weighted by molar-refractivity contribution is -0.127. The predicted octanol–water partition coefficient (Wildman–Crippen LogP) is 2.52.